The molecular formula is C16H11N2. The molecule has 0 aliphatic carbocycles. The van der Waals surface area contributed by atoms with Gasteiger partial charge in [0.2, 0.25) is 0 Å². The number of aromatic nitrogens is 2. The van der Waals surface area contributed by atoms with Crippen molar-refractivity contribution in [2.24, 2.45) is 0 Å². The molecule has 0 saturated carbocycles. The molecule has 0 spiro atoms. The Kier molecular flexibility index (Phi) is 2.84. The molecule has 0 unspecified atom stereocenters. The molecule has 2 heterocycles. The first-order valence-electron chi connectivity index (χ1n) is 5.76. The first kappa shape index (κ1) is 10.7. The summed E-state index contributed by atoms with van der Waals surface area (Å²) in [5.74, 6) is 0. The van der Waals surface area contributed by atoms with Crippen LogP contribution in [0.2, 0.25) is 0 Å². The topological polar surface area (TPSA) is 25.8 Å². The fraction of sp³-hybridized carbons (Fsp3) is 0. The molecular weight excluding hydrogens is 220 g/mol. The highest BCUT2D eigenvalue weighted by atomic mass is 14.6. The van der Waals surface area contributed by atoms with Crippen LogP contribution in [0.15, 0.2) is 67.3 Å². The zero-order chi connectivity index (χ0) is 12.2. The highest BCUT2D eigenvalue weighted by Gasteiger charge is 2.01. The van der Waals surface area contributed by atoms with Gasteiger partial charge in [-0.2, -0.15) is 0 Å². The molecule has 3 rings (SSSR count). The first-order valence-corrected chi connectivity index (χ1v) is 5.76. The fourth-order valence-electron chi connectivity index (χ4n) is 1.85. The minimum absolute atomic E-state index is 1.05. The second kappa shape index (κ2) is 4.80. The van der Waals surface area contributed by atoms with E-state index in [0.29, 0.717) is 0 Å². The lowest BCUT2D eigenvalue weighted by Gasteiger charge is -2.04. The Balaban J connectivity index is 2.05. The Labute approximate surface area is 106 Å². The van der Waals surface area contributed by atoms with Gasteiger partial charge < -0.3 is 0 Å². The van der Waals surface area contributed by atoms with Gasteiger partial charge in [-0.1, -0.05) is 30.3 Å². The molecule has 0 aliphatic rings. The molecule has 0 amide bonds. The molecule has 1 radical (unpaired) electrons. The summed E-state index contributed by atoms with van der Waals surface area (Å²) in [6, 6.07) is 17.2. The summed E-state index contributed by atoms with van der Waals surface area (Å²) in [6.45, 7) is 0. The molecule has 0 saturated heterocycles. The third-order valence-corrected chi connectivity index (χ3v) is 2.75. The number of hydrogen-bond acceptors (Lipinski definition) is 2. The van der Waals surface area contributed by atoms with Crippen molar-refractivity contribution in [3.05, 3.63) is 73.3 Å². The van der Waals surface area contributed by atoms with Gasteiger partial charge in [-0.25, -0.2) is 0 Å². The third-order valence-electron chi connectivity index (χ3n) is 2.75. The Bertz CT molecular complexity index is 579. The van der Waals surface area contributed by atoms with E-state index in [2.05, 4.69) is 22.1 Å². The minimum Gasteiger partial charge on any atom is -0.264 e. The molecule has 0 fully saturated rings. The fourth-order valence-corrected chi connectivity index (χ4v) is 1.85. The van der Waals surface area contributed by atoms with E-state index in [0.717, 1.165) is 22.3 Å². The maximum Gasteiger partial charge on any atom is 0.0347 e. The van der Waals surface area contributed by atoms with Crippen LogP contribution in [0, 0.1) is 6.07 Å². The highest BCUT2D eigenvalue weighted by Crippen LogP contribution is 2.23. The Morgan fingerprint density at radius 3 is 2.44 bits per heavy atom. The van der Waals surface area contributed by atoms with E-state index >= 15 is 0 Å². The first-order chi connectivity index (χ1) is 8.93. The molecule has 2 nitrogen and oxygen atoms in total. The van der Waals surface area contributed by atoms with Crippen LogP contribution >= 0.6 is 0 Å². The van der Waals surface area contributed by atoms with Crippen molar-refractivity contribution in [3.63, 3.8) is 0 Å². The van der Waals surface area contributed by atoms with Crippen LogP contribution in [0.5, 0.6) is 0 Å². The molecule has 0 bridgehead atoms. The van der Waals surface area contributed by atoms with Gasteiger partial charge in [0.05, 0.1) is 0 Å². The van der Waals surface area contributed by atoms with Crippen molar-refractivity contribution >= 4 is 0 Å². The standard InChI is InChI=1S/C16H11N2/c1-2-5-13(6-3-1)15-9-16(12-18-11-15)14-7-4-8-17-10-14/h1-5,7-12H. The average Bonchev–Trinajstić information content (AvgIpc) is 2.49. The summed E-state index contributed by atoms with van der Waals surface area (Å²) in [4.78, 5) is 8.42. The summed E-state index contributed by atoms with van der Waals surface area (Å²) in [6.07, 6.45) is 7.32. The second-order valence-corrected chi connectivity index (χ2v) is 3.98. The Hall–Kier alpha value is -2.48. The van der Waals surface area contributed by atoms with Gasteiger partial charge in [0.15, 0.2) is 0 Å². The Morgan fingerprint density at radius 2 is 1.67 bits per heavy atom. The third kappa shape index (κ3) is 2.13. The van der Waals surface area contributed by atoms with Crippen LogP contribution in [0.3, 0.4) is 0 Å². The number of pyridine rings is 2. The lowest BCUT2D eigenvalue weighted by molar-refractivity contribution is 1.30. The van der Waals surface area contributed by atoms with Gasteiger partial charge >= 0.3 is 0 Å². The zero-order valence-electron chi connectivity index (χ0n) is 9.75. The zero-order valence-corrected chi connectivity index (χ0v) is 9.75. The molecule has 0 N–H and O–H groups in total. The van der Waals surface area contributed by atoms with Gasteiger partial charge in [0.25, 0.3) is 0 Å². The highest BCUT2D eigenvalue weighted by molar-refractivity contribution is 5.70. The lowest BCUT2D eigenvalue weighted by atomic mass is 10.0. The van der Waals surface area contributed by atoms with Gasteiger partial charge in [-0.05, 0) is 23.8 Å². The molecule has 0 atom stereocenters. The van der Waals surface area contributed by atoms with E-state index in [1.807, 2.05) is 55.0 Å². The van der Waals surface area contributed by atoms with Crippen LogP contribution in [-0.4, -0.2) is 9.97 Å². The van der Waals surface area contributed by atoms with Gasteiger partial charge in [0, 0.05) is 41.5 Å². The van der Waals surface area contributed by atoms with Crippen LogP contribution in [0.25, 0.3) is 22.3 Å². The van der Waals surface area contributed by atoms with Gasteiger partial charge in [-0.15, -0.1) is 0 Å². The monoisotopic (exact) mass is 231 g/mol. The van der Waals surface area contributed by atoms with Gasteiger partial charge in [0.1, 0.15) is 0 Å². The quantitative estimate of drug-likeness (QED) is 0.673. The minimum atomic E-state index is 1.05. The van der Waals surface area contributed by atoms with E-state index in [1.165, 1.54) is 0 Å². The van der Waals surface area contributed by atoms with E-state index in [1.54, 1.807) is 6.20 Å². The number of benzene rings is 1. The maximum absolute atomic E-state index is 4.29. The molecule has 0 aliphatic heterocycles. The van der Waals surface area contributed by atoms with E-state index in [-0.39, 0.29) is 0 Å². The smallest absolute Gasteiger partial charge is 0.0347 e. The number of hydrogen-bond donors (Lipinski definition) is 0. The maximum atomic E-state index is 4.29. The summed E-state index contributed by atoms with van der Waals surface area (Å²) >= 11 is 0. The SMILES string of the molecule is [c]1ccccc1-c1cncc(-c2cccnc2)c1. The largest absolute Gasteiger partial charge is 0.264 e. The van der Waals surface area contributed by atoms with Crippen molar-refractivity contribution < 1.29 is 0 Å². The van der Waals surface area contributed by atoms with E-state index in [4.69, 9.17) is 0 Å². The van der Waals surface area contributed by atoms with Crippen molar-refractivity contribution in [3.8, 4) is 22.3 Å². The van der Waals surface area contributed by atoms with Crippen LogP contribution < -0.4 is 0 Å². The number of nitrogens with zero attached hydrogens (tertiary/aromatic N) is 2. The molecule has 1 aromatic carbocycles. The van der Waals surface area contributed by atoms with E-state index in [9.17, 15) is 0 Å². The predicted octanol–water partition coefficient (Wildman–Crippen LogP) is 3.61. The number of rotatable bonds is 2. The summed E-state index contributed by atoms with van der Waals surface area (Å²) < 4.78 is 0. The lowest BCUT2D eigenvalue weighted by Crippen LogP contribution is -1.84. The predicted molar refractivity (Wildman–Crippen MR) is 71.7 cm³/mol. The Morgan fingerprint density at radius 1 is 0.778 bits per heavy atom. The normalized spacial score (nSPS) is 10.2. The van der Waals surface area contributed by atoms with Crippen LogP contribution in [0.4, 0.5) is 0 Å². The van der Waals surface area contributed by atoms with Crippen molar-refractivity contribution in [2.45, 2.75) is 0 Å². The molecule has 2 aromatic heterocycles. The summed E-state index contributed by atoms with van der Waals surface area (Å²) in [5.41, 5.74) is 4.26. The van der Waals surface area contributed by atoms with Gasteiger partial charge in [-0.3, -0.25) is 9.97 Å². The van der Waals surface area contributed by atoms with Crippen molar-refractivity contribution in [2.75, 3.05) is 0 Å². The molecule has 85 valence electrons. The molecule has 2 heteroatoms. The average molecular weight is 231 g/mol. The second-order valence-electron chi connectivity index (χ2n) is 3.98. The van der Waals surface area contributed by atoms with Crippen molar-refractivity contribution in [1.29, 1.82) is 0 Å². The summed E-state index contributed by atoms with van der Waals surface area (Å²) in [5, 5.41) is 0. The van der Waals surface area contributed by atoms with Crippen LogP contribution in [0.1, 0.15) is 0 Å². The van der Waals surface area contributed by atoms with Crippen LogP contribution in [-0.2, 0) is 0 Å². The summed E-state index contributed by atoms with van der Waals surface area (Å²) in [7, 11) is 0. The molecule has 18 heavy (non-hydrogen) atoms. The molecule has 3 aromatic rings. The van der Waals surface area contributed by atoms with Crippen molar-refractivity contribution in [1.82, 2.24) is 9.97 Å². The van der Waals surface area contributed by atoms with E-state index < -0.39 is 0 Å².